The lowest BCUT2D eigenvalue weighted by Crippen LogP contribution is -2.47. The first-order valence-corrected chi connectivity index (χ1v) is 11.0. The first-order chi connectivity index (χ1) is 15.9. The van der Waals surface area contributed by atoms with Gasteiger partial charge in [0.15, 0.2) is 11.4 Å². The van der Waals surface area contributed by atoms with E-state index in [1.165, 1.54) is 11.4 Å². The third-order valence-corrected chi connectivity index (χ3v) is 6.88. The van der Waals surface area contributed by atoms with Gasteiger partial charge < -0.3 is 15.7 Å². The molecule has 10 heteroatoms. The van der Waals surface area contributed by atoms with Gasteiger partial charge in [0, 0.05) is 35.3 Å². The number of piperidine rings is 1. The number of nitrogen functional groups attached to an aromatic ring is 1. The molecule has 1 amide bonds. The van der Waals surface area contributed by atoms with Crippen LogP contribution in [0.15, 0.2) is 24.5 Å². The van der Waals surface area contributed by atoms with Gasteiger partial charge in [-0.1, -0.05) is 6.07 Å². The zero-order valence-electron chi connectivity index (χ0n) is 18.2. The minimum Gasteiger partial charge on any atom is -0.387 e. The number of carbonyl (C=O) groups excluding carboxylic acids is 2. The van der Waals surface area contributed by atoms with Gasteiger partial charge in [-0.05, 0) is 38.7 Å². The summed E-state index contributed by atoms with van der Waals surface area (Å²) in [5.41, 5.74) is 9.65. The zero-order valence-corrected chi connectivity index (χ0v) is 18.2. The molecule has 2 bridgehead atoms. The second-order valence-corrected chi connectivity index (χ2v) is 8.79. The molecule has 5 rings (SSSR count). The lowest BCUT2D eigenvalue weighted by atomic mass is 9.85. The summed E-state index contributed by atoms with van der Waals surface area (Å²) in [5.74, 6) is -0.267. The number of halogens is 1. The molecule has 0 spiro atoms. The standard InChI is InChI=1S/C23H25FN6O3/c1-12(32)20-21(14-6-16-4-5-17(7-14)29(16)19(33)11-31)28-23-18(10-27-30(23)22(20)25)13-2-3-15(8-24)26-9-13/h2-3,9-10,14,16-17,31H,4-8,11,25H2,1H3/t14?,16-,17+. The molecule has 3 aromatic heterocycles. The predicted octanol–water partition coefficient (Wildman–Crippen LogP) is 2.27. The Morgan fingerprint density at radius 1 is 1.21 bits per heavy atom. The minimum absolute atomic E-state index is 0.00860. The fourth-order valence-corrected chi connectivity index (χ4v) is 5.44. The summed E-state index contributed by atoms with van der Waals surface area (Å²) in [5, 5.41) is 13.7. The van der Waals surface area contributed by atoms with Gasteiger partial charge in [0.1, 0.15) is 19.1 Å². The Morgan fingerprint density at radius 3 is 2.52 bits per heavy atom. The van der Waals surface area contributed by atoms with E-state index in [0.29, 0.717) is 41.0 Å². The van der Waals surface area contributed by atoms with Crippen LogP contribution in [0.2, 0.25) is 0 Å². The van der Waals surface area contributed by atoms with Gasteiger partial charge in [-0.15, -0.1) is 0 Å². The Kier molecular flexibility index (Phi) is 5.32. The summed E-state index contributed by atoms with van der Waals surface area (Å²) in [6, 6.07) is 3.39. The first kappa shape index (κ1) is 21.4. The lowest BCUT2D eigenvalue weighted by molar-refractivity contribution is -0.138. The second-order valence-electron chi connectivity index (χ2n) is 8.79. The smallest absolute Gasteiger partial charge is 0.248 e. The molecule has 2 fully saturated rings. The number of hydrogen-bond acceptors (Lipinski definition) is 7. The average molecular weight is 452 g/mol. The van der Waals surface area contributed by atoms with E-state index in [2.05, 4.69) is 10.1 Å². The molecular weight excluding hydrogens is 427 g/mol. The third-order valence-electron chi connectivity index (χ3n) is 6.88. The summed E-state index contributed by atoms with van der Waals surface area (Å²) < 4.78 is 14.3. The average Bonchev–Trinajstić information content (AvgIpc) is 3.36. The number of rotatable bonds is 5. The van der Waals surface area contributed by atoms with E-state index in [0.717, 1.165) is 18.4 Å². The number of aliphatic hydroxyl groups is 1. The zero-order chi connectivity index (χ0) is 23.3. The van der Waals surface area contributed by atoms with Gasteiger partial charge >= 0.3 is 0 Å². The minimum atomic E-state index is -0.647. The van der Waals surface area contributed by atoms with Crippen LogP contribution in [0.3, 0.4) is 0 Å². The van der Waals surface area contributed by atoms with Crippen molar-refractivity contribution in [1.82, 2.24) is 24.5 Å². The van der Waals surface area contributed by atoms with Gasteiger partial charge in [-0.25, -0.2) is 9.37 Å². The molecule has 2 saturated heterocycles. The number of fused-ring (bicyclic) bond motifs is 3. The fraction of sp³-hybridized carbons (Fsp3) is 0.435. The number of pyridine rings is 1. The number of aliphatic hydroxyl groups excluding tert-OH is 1. The quantitative estimate of drug-likeness (QED) is 0.569. The SMILES string of the molecule is CC(=O)c1c(C2C[C@H]3CC[C@@H](C2)N3C(=O)CO)nc2c(-c3ccc(CF)nc3)cnn2c1N. The van der Waals surface area contributed by atoms with Crippen LogP contribution in [0.5, 0.6) is 0 Å². The summed E-state index contributed by atoms with van der Waals surface area (Å²) in [6.07, 6.45) is 6.23. The van der Waals surface area contributed by atoms with E-state index >= 15 is 0 Å². The number of hydrogen-bond donors (Lipinski definition) is 2. The predicted molar refractivity (Wildman–Crippen MR) is 118 cm³/mol. The van der Waals surface area contributed by atoms with Crippen LogP contribution in [-0.2, 0) is 11.5 Å². The Hall–Kier alpha value is -3.40. The van der Waals surface area contributed by atoms with Crippen molar-refractivity contribution in [3.05, 3.63) is 41.5 Å². The molecule has 3 aromatic rings. The van der Waals surface area contributed by atoms with Crippen LogP contribution >= 0.6 is 0 Å². The van der Waals surface area contributed by atoms with E-state index in [9.17, 15) is 19.1 Å². The van der Waals surface area contributed by atoms with Crippen LogP contribution < -0.4 is 5.73 Å². The van der Waals surface area contributed by atoms with Crippen molar-refractivity contribution < 1.29 is 19.1 Å². The highest BCUT2D eigenvalue weighted by molar-refractivity contribution is 6.00. The van der Waals surface area contributed by atoms with Crippen LogP contribution in [0.4, 0.5) is 10.2 Å². The maximum atomic E-state index is 12.9. The van der Waals surface area contributed by atoms with Gasteiger partial charge in [0.05, 0.1) is 23.1 Å². The molecule has 33 heavy (non-hydrogen) atoms. The summed E-state index contributed by atoms with van der Waals surface area (Å²) in [7, 11) is 0. The Labute approximate surface area is 189 Å². The largest absolute Gasteiger partial charge is 0.387 e. The number of alkyl halides is 1. The lowest BCUT2D eigenvalue weighted by Gasteiger charge is -2.39. The van der Waals surface area contributed by atoms with E-state index in [-0.39, 0.29) is 35.5 Å². The monoisotopic (exact) mass is 452 g/mol. The normalized spacial score (nSPS) is 22.2. The highest BCUT2D eigenvalue weighted by Gasteiger charge is 2.44. The van der Waals surface area contributed by atoms with Crippen molar-refractivity contribution in [1.29, 1.82) is 0 Å². The van der Waals surface area contributed by atoms with Crippen LogP contribution in [0, 0.1) is 0 Å². The summed E-state index contributed by atoms with van der Waals surface area (Å²) in [6.45, 7) is 0.319. The van der Waals surface area contributed by atoms with Crippen molar-refractivity contribution in [2.45, 2.75) is 57.3 Å². The van der Waals surface area contributed by atoms with E-state index in [1.54, 1.807) is 29.4 Å². The summed E-state index contributed by atoms with van der Waals surface area (Å²) in [4.78, 5) is 35.7. The molecule has 1 unspecified atom stereocenters. The van der Waals surface area contributed by atoms with E-state index in [1.807, 2.05) is 0 Å². The van der Waals surface area contributed by atoms with Gasteiger partial charge in [-0.2, -0.15) is 9.61 Å². The molecule has 2 aliphatic heterocycles. The maximum Gasteiger partial charge on any atom is 0.248 e. The molecule has 3 atom stereocenters. The number of aromatic nitrogens is 4. The molecule has 0 aromatic carbocycles. The molecule has 0 saturated carbocycles. The third kappa shape index (κ3) is 3.45. The molecule has 2 aliphatic rings. The summed E-state index contributed by atoms with van der Waals surface area (Å²) >= 11 is 0. The fourth-order valence-electron chi connectivity index (χ4n) is 5.44. The highest BCUT2D eigenvalue weighted by atomic mass is 19.1. The van der Waals surface area contributed by atoms with Crippen molar-refractivity contribution in [3.8, 4) is 11.1 Å². The molecule has 3 N–H and O–H groups in total. The van der Waals surface area contributed by atoms with Crippen molar-refractivity contribution in [3.63, 3.8) is 0 Å². The Balaban J connectivity index is 1.60. The number of amides is 1. The van der Waals surface area contributed by atoms with E-state index in [4.69, 9.17) is 10.7 Å². The molecule has 172 valence electrons. The number of nitrogens with zero attached hydrogens (tertiary/aromatic N) is 5. The molecular formula is C23H25FN6O3. The number of ketones is 1. The Morgan fingerprint density at radius 2 is 1.94 bits per heavy atom. The number of Topliss-reactive ketones (excluding diaryl/α,β-unsaturated/α-hetero) is 1. The van der Waals surface area contributed by atoms with E-state index < -0.39 is 13.3 Å². The van der Waals surface area contributed by atoms with Crippen LogP contribution in [-0.4, -0.2) is 60.0 Å². The first-order valence-electron chi connectivity index (χ1n) is 11.0. The van der Waals surface area contributed by atoms with Crippen LogP contribution in [0.25, 0.3) is 16.8 Å². The molecule has 9 nitrogen and oxygen atoms in total. The molecule has 5 heterocycles. The maximum absolute atomic E-state index is 12.9. The second kappa shape index (κ2) is 8.18. The molecule has 0 aliphatic carbocycles. The topological polar surface area (TPSA) is 127 Å². The van der Waals surface area contributed by atoms with Gasteiger partial charge in [0.25, 0.3) is 0 Å². The van der Waals surface area contributed by atoms with Gasteiger partial charge in [0.2, 0.25) is 5.91 Å². The van der Waals surface area contributed by atoms with Crippen molar-refractivity contribution >= 4 is 23.2 Å². The number of carbonyl (C=O) groups is 2. The number of anilines is 1. The highest BCUT2D eigenvalue weighted by Crippen LogP contribution is 2.44. The molecule has 0 radical (unpaired) electrons. The van der Waals surface area contributed by atoms with Crippen LogP contribution in [0.1, 0.15) is 60.3 Å². The van der Waals surface area contributed by atoms with Gasteiger partial charge in [-0.3, -0.25) is 14.6 Å². The van der Waals surface area contributed by atoms with Crippen molar-refractivity contribution in [2.75, 3.05) is 12.3 Å². The van der Waals surface area contributed by atoms with Crippen molar-refractivity contribution in [2.24, 2.45) is 0 Å². The Bertz CT molecular complexity index is 1230. The number of nitrogens with two attached hydrogens (primary N) is 1.